The molecule has 2 aromatic rings. The van der Waals surface area contributed by atoms with Gasteiger partial charge in [-0.15, -0.1) is 0 Å². The van der Waals surface area contributed by atoms with Crippen molar-refractivity contribution in [2.24, 2.45) is 5.92 Å². The Kier molecular flexibility index (Phi) is 7.08. The number of aliphatic hydroxyl groups excluding tert-OH is 1. The molecule has 1 amide bonds. The number of amides is 1. The largest absolute Gasteiger partial charge is 0.469 e. The lowest BCUT2D eigenvalue weighted by Crippen LogP contribution is -2.51. The molecule has 27 heavy (non-hydrogen) atoms. The average molecular weight is 371 g/mol. The number of nitrogens with one attached hydrogen (secondary N) is 1. The van der Waals surface area contributed by atoms with Gasteiger partial charge < -0.3 is 19.9 Å². The fraction of sp³-hybridized carbons (Fsp3) is 0.250. The van der Waals surface area contributed by atoms with Crippen molar-refractivity contribution in [1.29, 1.82) is 0 Å². The van der Waals surface area contributed by atoms with Crippen LogP contribution >= 0.6 is 0 Å². The standard InChI is InChI=1S/C20H21NO6/c1-26-19(24)15(17(22)13-9-5-3-6-10-13)16(20(25)27-2)21-18(23)14-11-7-4-8-12-14/h3-12,15-17,22H,1-2H3,(H,21,23)/t15-,16-,17+/m0/s1. The Hall–Kier alpha value is -3.19. The average Bonchev–Trinajstić information content (AvgIpc) is 2.73. The summed E-state index contributed by atoms with van der Waals surface area (Å²) >= 11 is 0. The Morgan fingerprint density at radius 3 is 1.89 bits per heavy atom. The molecule has 7 heteroatoms. The normalized spacial score (nSPS) is 13.7. The van der Waals surface area contributed by atoms with Crippen molar-refractivity contribution < 1.29 is 29.0 Å². The number of methoxy groups -OCH3 is 2. The molecule has 142 valence electrons. The number of carbonyl (C=O) groups excluding carboxylic acids is 3. The van der Waals surface area contributed by atoms with Crippen LogP contribution in [0.1, 0.15) is 22.0 Å². The van der Waals surface area contributed by atoms with E-state index in [4.69, 9.17) is 9.47 Å². The van der Waals surface area contributed by atoms with Gasteiger partial charge in [0, 0.05) is 5.56 Å². The van der Waals surface area contributed by atoms with E-state index in [2.05, 4.69) is 5.32 Å². The van der Waals surface area contributed by atoms with Crippen LogP contribution < -0.4 is 5.32 Å². The van der Waals surface area contributed by atoms with Crippen LogP contribution in [0.2, 0.25) is 0 Å². The molecule has 0 heterocycles. The molecule has 2 aromatic carbocycles. The number of benzene rings is 2. The maximum Gasteiger partial charge on any atom is 0.329 e. The van der Waals surface area contributed by atoms with Gasteiger partial charge in [-0.2, -0.15) is 0 Å². The second-order valence-corrected chi connectivity index (χ2v) is 5.74. The quantitative estimate of drug-likeness (QED) is 0.715. The first-order valence-corrected chi connectivity index (χ1v) is 8.24. The van der Waals surface area contributed by atoms with Crippen molar-refractivity contribution in [3.63, 3.8) is 0 Å². The second kappa shape index (κ2) is 9.49. The van der Waals surface area contributed by atoms with Gasteiger partial charge in [0.25, 0.3) is 5.91 Å². The number of rotatable bonds is 7. The molecule has 0 aliphatic rings. The monoisotopic (exact) mass is 371 g/mol. The number of esters is 2. The van der Waals surface area contributed by atoms with Crippen LogP contribution in [0.25, 0.3) is 0 Å². The van der Waals surface area contributed by atoms with Crippen molar-refractivity contribution in [2.45, 2.75) is 12.1 Å². The first-order chi connectivity index (χ1) is 13.0. The van der Waals surface area contributed by atoms with Gasteiger partial charge in [0.1, 0.15) is 12.0 Å². The van der Waals surface area contributed by atoms with Crippen LogP contribution in [-0.4, -0.2) is 43.2 Å². The van der Waals surface area contributed by atoms with Crippen molar-refractivity contribution in [1.82, 2.24) is 5.32 Å². The zero-order valence-electron chi connectivity index (χ0n) is 15.0. The molecule has 0 aromatic heterocycles. The van der Waals surface area contributed by atoms with Crippen LogP contribution in [0.3, 0.4) is 0 Å². The third-order valence-electron chi connectivity index (χ3n) is 4.09. The smallest absolute Gasteiger partial charge is 0.329 e. The molecule has 2 rings (SSSR count). The summed E-state index contributed by atoms with van der Waals surface area (Å²) in [5.74, 6) is -3.70. The van der Waals surface area contributed by atoms with Crippen LogP contribution in [0, 0.1) is 5.92 Å². The van der Waals surface area contributed by atoms with Gasteiger partial charge in [-0.05, 0) is 17.7 Å². The molecule has 0 fully saturated rings. The van der Waals surface area contributed by atoms with Gasteiger partial charge in [0.15, 0.2) is 0 Å². The molecule has 7 nitrogen and oxygen atoms in total. The Labute approximate surface area is 156 Å². The number of ether oxygens (including phenoxy) is 2. The number of carbonyl (C=O) groups is 3. The van der Waals surface area contributed by atoms with E-state index in [1.807, 2.05) is 0 Å². The highest BCUT2D eigenvalue weighted by Crippen LogP contribution is 2.27. The SMILES string of the molecule is COC(=O)[C@@H]([C@H](NC(=O)c1ccccc1)C(=O)OC)[C@H](O)c1ccccc1. The van der Waals surface area contributed by atoms with E-state index in [9.17, 15) is 19.5 Å². The summed E-state index contributed by atoms with van der Waals surface area (Å²) < 4.78 is 9.50. The molecule has 0 unspecified atom stereocenters. The molecule has 0 saturated heterocycles. The van der Waals surface area contributed by atoms with Crippen LogP contribution in [0.5, 0.6) is 0 Å². The van der Waals surface area contributed by atoms with Gasteiger partial charge in [-0.3, -0.25) is 9.59 Å². The summed E-state index contributed by atoms with van der Waals surface area (Å²) in [6.45, 7) is 0. The Morgan fingerprint density at radius 2 is 1.37 bits per heavy atom. The van der Waals surface area contributed by atoms with E-state index < -0.39 is 35.9 Å². The molecule has 2 N–H and O–H groups in total. The molecule has 0 aliphatic carbocycles. The predicted octanol–water partition coefficient (Wildman–Crippen LogP) is 1.48. The second-order valence-electron chi connectivity index (χ2n) is 5.74. The molecular weight excluding hydrogens is 350 g/mol. The van der Waals surface area contributed by atoms with Crippen LogP contribution in [0.4, 0.5) is 0 Å². The summed E-state index contributed by atoms with van der Waals surface area (Å²) in [5.41, 5.74) is 0.694. The fourth-order valence-corrected chi connectivity index (χ4v) is 2.68. The number of aliphatic hydroxyl groups is 1. The minimum Gasteiger partial charge on any atom is -0.469 e. The van der Waals surface area contributed by atoms with Crippen molar-refractivity contribution in [2.75, 3.05) is 14.2 Å². The molecule has 0 bridgehead atoms. The van der Waals surface area contributed by atoms with E-state index in [-0.39, 0.29) is 0 Å². The summed E-state index contributed by atoms with van der Waals surface area (Å²) in [4.78, 5) is 37.2. The topological polar surface area (TPSA) is 102 Å². The molecule has 0 spiro atoms. The first-order valence-electron chi connectivity index (χ1n) is 8.24. The maximum atomic E-state index is 12.5. The Morgan fingerprint density at radius 1 is 0.852 bits per heavy atom. The predicted molar refractivity (Wildman–Crippen MR) is 96.6 cm³/mol. The summed E-state index contributed by atoms with van der Waals surface area (Å²) in [6.07, 6.45) is -1.39. The molecule has 3 atom stereocenters. The zero-order valence-corrected chi connectivity index (χ0v) is 15.0. The van der Waals surface area contributed by atoms with Gasteiger partial charge in [-0.25, -0.2) is 4.79 Å². The van der Waals surface area contributed by atoms with Crippen molar-refractivity contribution in [3.8, 4) is 0 Å². The molecule has 0 radical (unpaired) electrons. The highest BCUT2D eigenvalue weighted by molar-refractivity contribution is 5.98. The molecule has 0 aliphatic heterocycles. The number of hydrogen-bond donors (Lipinski definition) is 2. The Balaban J connectivity index is 2.38. The highest BCUT2D eigenvalue weighted by atomic mass is 16.5. The summed E-state index contributed by atoms with van der Waals surface area (Å²) in [6, 6.07) is 15.1. The van der Waals surface area contributed by atoms with Crippen LogP contribution in [-0.2, 0) is 19.1 Å². The lowest BCUT2D eigenvalue weighted by Gasteiger charge is -2.28. The third kappa shape index (κ3) is 4.92. The number of hydrogen-bond acceptors (Lipinski definition) is 6. The third-order valence-corrected chi connectivity index (χ3v) is 4.09. The van der Waals surface area contributed by atoms with Gasteiger partial charge in [0.2, 0.25) is 0 Å². The van der Waals surface area contributed by atoms with E-state index in [0.29, 0.717) is 11.1 Å². The maximum absolute atomic E-state index is 12.5. The van der Waals surface area contributed by atoms with Gasteiger partial charge in [0.05, 0.1) is 20.3 Å². The first kappa shape index (κ1) is 20.1. The van der Waals surface area contributed by atoms with Crippen molar-refractivity contribution in [3.05, 3.63) is 71.8 Å². The van der Waals surface area contributed by atoms with E-state index >= 15 is 0 Å². The van der Waals surface area contributed by atoms with E-state index in [1.165, 1.54) is 0 Å². The molecular formula is C20H21NO6. The van der Waals surface area contributed by atoms with Crippen LogP contribution in [0.15, 0.2) is 60.7 Å². The van der Waals surface area contributed by atoms with Gasteiger partial charge in [-0.1, -0.05) is 48.5 Å². The summed E-state index contributed by atoms with van der Waals surface area (Å²) in [7, 11) is 2.27. The van der Waals surface area contributed by atoms with Gasteiger partial charge >= 0.3 is 11.9 Å². The minimum atomic E-state index is -1.44. The van der Waals surface area contributed by atoms with Crippen molar-refractivity contribution >= 4 is 17.8 Å². The van der Waals surface area contributed by atoms with E-state index in [0.717, 1.165) is 14.2 Å². The van der Waals surface area contributed by atoms with E-state index in [1.54, 1.807) is 60.7 Å². The highest BCUT2D eigenvalue weighted by Gasteiger charge is 2.42. The zero-order chi connectivity index (χ0) is 19.8. The lowest BCUT2D eigenvalue weighted by molar-refractivity contribution is -0.159. The summed E-state index contributed by atoms with van der Waals surface area (Å²) in [5, 5.41) is 13.2. The minimum absolute atomic E-state index is 0.296. The Bertz CT molecular complexity index is 778. The molecule has 0 saturated carbocycles. The lowest BCUT2D eigenvalue weighted by atomic mass is 9.88. The fourth-order valence-electron chi connectivity index (χ4n) is 2.68.